The van der Waals surface area contributed by atoms with Gasteiger partial charge in [0.15, 0.2) is 0 Å². The van der Waals surface area contributed by atoms with E-state index in [-0.39, 0.29) is 64.0 Å². The Morgan fingerprint density at radius 1 is 0.508 bits per heavy atom. The van der Waals surface area contributed by atoms with E-state index in [1.54, 1.807) is 13.8 Å². The lowest BCUT2D eigenvalue weighted by Gasteiger charge is -2.11. The van der Waals surface area contributed by atoms with Crippen LogP contribution in [0, 0.1) is 0 Å². The lowest BCUT2D eigenvalue weighted by Crippen LogP contribution is -2.47. The van der Waals surface area contributed by atoms with Crippen molar-refractivity contribution in [1.82, 2.24) is 25.1 Å². The van der Waals surface area contributed by atoms with Gasteiger partial charge in [-0.25, -0.2) is 42.9 Å². The molecule has 1 aromatic heterocycles. The predicted octanol–water partition coefficient (Wildman–Crippen LogP) is 5.70. The van der Waals surface area contributed by atoms with E-state index in [0.717, 1.165) is 43.1 Å². The minimum atomic E-state index is -0.788. The Balaban J connectivity index is 2.63. The average molecular weight is 891 g/mol. The van der Waals surface area contributed by atoms with Crippen LogP contribution >= 0.6 is 0 Å². The van der Waals surface area contributed by atoms with Crippen molar-refractivity contribution in [3.63, 3.8) is 0 Å². The number of carbonyl (C=O) groups is 4. The smallest absolute Gasteiger partial charge is 0.425 e. The van der Waals surface area contributed by atoms with E-state index >= 15 is 0 Å². The molecule has 0 atom stereocenters. The Bertz CT molecular complexity index is 1850. The van der Waals surface area contributed by atoms with Gasteiger partial charge < -0.3 is 48.8 Å². The van der Waals surface area contributed by atoms with Crippen LogP contribution in [-0.4, -0.2) is 99.2 Å². The minimum Gasteiger partial charge on any atom is -0.490 e. The fourth-order valence-corrected chi connectivity index (χ4v) is 5.21. The molecule has 0 unspecified atom stereocenters. The van der Waals surface area contributed by atoms with Gasteiger partial charge >= 0.3 is 41.4 Å². The number of nitrogens with zero attached hydrogens (tertiary/aromatic N) is 3. The van der Waals surface area contributed by atoms with Crippen molar-refractivity contribution in [3.05, 3.63) is 87.9 Å². The molecule has 0 radical (unpaired) electrons. The first-order valence-electron chi connectivity index (χ1n) is 21.5. The second kappa shape index (κ2) is 33.6. The molecule has 0 aliphatic rings. The summed E-state index contributed by atoms with van der Waals surface area (Å²) in [5.41, 5.74) is 1.11. The molecule has 0 saturated carbocycles. The Morgan fingerprint density at radius 2 is 0.889 bits per heavy atom. The molecule has 1 rings (SSSR count). The van der Waals surface area contributed by atoms with Gasteiger partial charge in [0.05, 0.1) is 0 Å². The minimum absolute atomic E-state index is 0.0337. The van der Waals surface area contributed by atoms with Gasteiger partial charge in [0.2, 0.25) is 0 Å². The first-order valence-corrected chi connectivity index (χ1v) is 21.5. The molecule has 63 heavy (non-hydrogen) atoms. The highest BCUT2D eigenvalue weighted by atomic mass is 16.6. The molecule has 0 fully saturated rings. The molecule has 0 saturated heterocycles. The zero-order valence-electron chi connectivity index (χ0n) is 37.7. The monoisotopic (exact) mass is 891 g/mol. The fraction of sp³-hybridized carbons (Fsp3) is 0.614. The van der Waals surface area contributed by atoms with Crippen LogP contribution in [-0.2, 0) is 46.3 Å². The van der Waals surface area contributed by atoms with Crippen molar-refractivity contribution in [2.75, 3.05) is 65.8 Å². The molecule has 3 N–H and O–H groups in total. The van der Waals surface area contributed by atoms with E-state index < -0.39 is 35.7 Å². The Kier molecular flexibility index (Phi) is 29.3. The summed E-state index contributed by atoms with van der Waals surface area (Å²) < 4.78 is 38.7. The number of carbonyl (C=O) groups excluding carboxylic acids is 4. The maximum absolute atomic E-state index is 13.6. The molecule has 354 valence electrons. The lowest BCUT2D eigenvalue weighted by molar-refractivity contribution is -0.139. The van der Waals surface area contributed by atoms with Crippen LogP contribution in [0.25, 0.3) is 0 Å². The molecule has 3 amide bonds. The highest BCUT2D eigenvalue weighted by Gasteiger charge is 2.12. The normalized spacial score (nSPS) is 10.9. The van der Waals surface area contributed by atoms with Gasteiger partial charge in [-0.3, -0.25) is 0 Å². The number of allylic oxidation sites excluding steroid dienone is 2. The number of rotatable bonds is 35. The molecule has 19 heteroatoms. The SMILES string of the molecule is C=C(C)C(=C)OCCOC(=O)NCCCCCC/N=c1/oc(=O)n(CCCCCCNC(=O)OCCOC(=O)C(=C)C)c(=O)n1CCCCCCNC(=O)OCCOC(=C)C(=C)C. The third-order valence-corrected chi connectivity index (χ3v) is 8.88. The number of alkyl carbamates (subject to hydrolysis) is 3. The van der Waals surface area contributed by atoms with E-state index in [1.807, 2.05) is 0 Å². The number of hydrogen-bond donors (Lipinski definition) is 3. The Labute approximate surface area is 370 Å². The van der Waals surface area contributed by atoms with Gasteiger partial charge in [0.1, 0.15) is 51.2 Å². The van der Waals surface area contributed by atoms with Crippen molar-refractivity contribution in [3.8, 4) is 0 Å². The molecule has 1 heterocycles. The number of unbranched alkanes of at least 4 members (excludes halogenated alkanes) is 9. The summed E-state index contributed by atoms with van der Waals surface area (Å²) in [4.78, 5) is 78.2. The van der Waals surface area contributed by atoms with Crippen LogP contribution in [0.4, 0.5) is 14.4 Å². The number of nitrogens with one attached hydrogen (secondary N) is 3. The van der Waals surface area contributed by atoms with E-state index in [2.05, 4.69) is 53.8 Å². The zero-order chi connectivity index (χ0) is 46.8. The summed E-state index contributed by atoms with van der Waals surface area (Å²) in [6, 6.07) is 0. The predicted molar refractivity (Wildman–Crippen MR) is 237 cm³/mol. The number of hydrogen-bond acceptors (Lipinski definition) is 14. The van der Waals surface area contributed by atoms with Crippen molar-refractivity contribution >= 4 is 24.2 Å². The van der Waals surface area contributed by atoms with Crippen LogP contribution < -0.4 is 33.1 Å². The van der Waals surface area contributed by atoms with Gasteiger partial charge in [0.25, 0.3) is 0 Å². The van der Waals surface area contributed by atoms with Crippen molar-refractivity contribution < 1.29 is 52.0 Å². The third-order valence-electron chi connectivity index (χ3n) is 8.88. The van der Waals surface area contributed by atoms with Gasteiger partial charge in [-0.05, 0) is 70.4 Å². The lowest BCUT2D eigenvalue weighted by atomic mass is 10.2. The summed E-state index contributed by atoms with van der Waals surface area (Å²) in [5.74, 6) is -0.455. The van der Waals surface area contributed by atoms with E-state index in [0.29, 0.717) is 87.4 Å². The van der Waals surface area contributed by atoms with Crippen molar-refractivity contribution in [1.29, 1.82) is 0 Å². The van der Waals surface area contributed by atoms with Gasteiger partial charge in [-0.15, -0.1) is 0 Å². The average Bonchev–Trinajstić information content (AvgIpc) is 3.24. The summed E-state index contributed by atoms with van der Waals surface area (Å²) >= 11 is 0. The molecule has 1 aromatic rings. The highest BCUT2D eigenvalue weighted by molar-refractivity contribution is 5.86. The molecule has 0 aliphatic carbocycles. The number of aromatic nitrogens is 2. The van der Waals surface area contributed by atoms with Crippen molar-refractivity contribution in [2.24, 2.45) is 4.99 Å². The van der Waals surface area contributed by atoms with E-state index in [9.17, 15) is 28.8 Å². The number of ether oxygens (including phenoxy) is 6. The van der Waals surface area contributed by atoms with Crippen LogP contribution in [0.3, 0.4) is 0 Å². The first-order chi connectivity index (χ1) is 30.1. The second-order valence-corrected chi connectivity index (χ2v) is 14.6. The Hall–Kier alpha value is -6.01. The van der Waals surface area contributed by atoms with E-state index in [1.165, 1.54) is 11.5 Å². The molecule has 0 bridgehead atoms. The summed E-state index contributed by atoms with van der Waals surface area (Å²) in [5, 5.41) is 8.03. The van der Waals surface area contributed by atoms with Gasteiger partial charge in [-0.1, -0.05) is 71.4 Å². The second-order valence-electron chi connectivity index (χ2n) is 14.6. The zero-order valence-corrected chi connectivity index (χ0v) is 37.7. The third kappa shape index (κ3) is 26.8. The number of amides is 3. The Morgan fingerprint density at radius 3 is 1.32 bits per heavy atom. The summed E-state index contributed by atoms with van der Waals surface area (Å²) in [6.07, 6.45) is 6.67. The van der Waals surface area contributed by atoms with E-state index in [4.69, 9.17) is 32.8 Å². The van der Waals surface area contributed by atoms with Crippen molar-refractivity contribution in [2.45, 2.75) is 111 Å². The summed E-state index contributed by atoms with van der Waals surface area (Å²) in [7, 11) is 0. The standard InChI is InChI=1S/C44H70N6O13/c1-33(2)36(7)57-27-30-60-40(52)46-22-16-10-9-15-21-45-39-49(25-19-13-11-17-23-47-41(53)61-31-28-58-37(8)34(3)4)43(55)50(44(56)63-39)26-20-14-12-18-24-48-42(54)62-32-29-59-38(51)35(5)6/h1,3,5,7-32H2,2,4,6H3,(H,46,52)(H,47,53)(H,48,54)/b45-39+. The molecular weight excluding hydrogens is 821 g/mol. The number of esters is 1. The highest BCUT2D eigenvalue weighted by Crippen LogP contribution is 2.06. The van der Waals surface area contributed by atoms with Gasteiger partial charge in [0, 0.05) is 44.8 Å². The molecule has 0 spiro atoms. The van der Waals surface area contributed by atoms with Gasteiger partial charge in [-0.2, -0.15) is 0 Å². The molecule has 19 nitrogen and oxygen atoms in total. The summed E-state index contributed by atoms with van der Waals surface area (Å²) in [6.45, 7) is 25.8. The maximum atomic E-state index is 13.6. The quantitative estimate of drug-likeness (QED) is 0.0186. The molecular formula is C44H70N6O13. The van der Waals surface area contributed by atoms with Crippen LogP contribution in [0.15, 0.2) is 80.1 Å². The molecule has 0 aromatic carbocycles. The largest absolute Gasteiger partial charge is 0.490 e. The van der Waals surface area contributed by atoms with Crippen LogP contribution in [0.5, 0.6) is 0 Å². The maximum Gasteiger partial charge on any atom is 0.425 e. The topological polar surface area (TPSA) is 229 Å². The molecule has 0 aliphatic heterocycles. The first kappa shape index (κ1) is 55.0. The van der Waals surface area contributed by atoms with Crippen LogP contribution in [0.2, 0.25) is 0 Å². The fourth-order valence-electron chi connectivity index (χ4n) is 5.21. The van der Waals surface area contributed by atoms with Crippen LogP contribution in [0.1, 0.15) is 97.8 Å².